The Balaban J connectivity index is 2.45. The quantitative estimate of drug-likeness (QED) is 0.705. The van der Waals surface area contributed by atoms with Crippen LogP contribution in [0, 0.1) is 0 Å². The molecule has 0 radical (unpaired) electrons. The summed E-state index contributed by atoms with van der Waals surface area (Å²) in [5, 5.41) is 0. The number of benzene rings is 1. The van der Waals surface area contributed by atoms with Gasteiger partial charge in [0, 0.05) is 5.54 Å². The number of fused-ring (bicyclic) bond motifs is 1. The lowest BCUT2D eigenvalue weighted by Gasteiger charge is -2.15. The van der Waals surface area contributed by atoms with Crippen molar-refractivity contribution in [3.05, 3.63) is 29.3 Å². The molecule has 0 fully saturated rings. The van der Waals surface area contributed by atoms with Gasteiger partial charge in [-0.15, -0.1) is 0 Å². The van der Waals surface area contributed by atoms with Crippen LogP contribution in [0.5, 0.6) is 5.75 Å². The molecule has 0 saturated heterocycles. The highest BCUT2D eigenvalue weighted by atomic mass is 16.5. The first-order valence-corrected chi connectivity index (χ1v) is 4.56. The number of ether oxygens (including phenoxy) is 1. The lowest BCUT2D eigenvalue weighted by Crippen LogP contribution is -2.36. The van der Waals surface area contributed by atoms with E-state index in [-0.39, 0.29) is 5.54 Å². The zero-order valence-electron chi connectivity index (χ0n) is 8.13. The third-order valence-corrected chi connectivity index (χ3v) is 2.62. The SMILES string of the molecule is COc1cccc2c1CC(C)(N)C2. The number of nitrogens with two attached hydrogens (primary N) is 1. The molecule has 2 N–H and O–H groups in total. The average molecular weight is 177 g/mol. The molecule has 1 unspecified atom stereocenters. The second kappa shape index (κ2) is 2.74. The van der Waals surface area contributed by atoms with Gasteiger partial charge in [-0.3, -0.25) is 0 Å². The molecule has 1 aromatic rings. The van der Waals surface area contributed by atoms with Gasteiger partial charge in [0.05, 0.1) is 7.11 Å². The molecule has 2 nitrogen and oxygen atoms in total. The number of methoxy groups -OCH3 is 1. The molecule has 1 atom stereocenters. The van der Waals surface area contributed by atoms with Gasteiger partial charge in [0.25, 0.3) is 0 Å². The summed E-state index contributed by atoms with van der Waals surface area (Å²) in [6.45, 7) is 2.09. The van der Waals surface area contributed by atoms with Gasteiger partial charge in [0.2, 0.25) is 0 Å². The first-order valence-electron chi connectivity index (χ1n) is 4.56. The monoisotopic (exact) mass is 177 g/mol. The van der Waals surface area contributed by atoms with Gasteiger partial charge < -0.3 is 10.5 Å². The highest BCUT2D eigenvalue weighted by molar-refractivity contribution is 5.45. The standard InChI is InChI=1S/C11H15NO/c1-11(12)6-8-4-3-5-10(13-2)9(8)7-11/h3-5H,6-7,12H2,1-2H3. The second-order valence-corrected chi connectivity index (χ2v) is 4.11. The van der Waals surface area contributed by atoms with Gasteiger partial charge in [-0.1, -0.05) is 12.1 Å². The summed E-state index contributed by atoms with van der Waals surface area (Å²) in [5.74, 6) is 0.978. The zero-order valence-corrected chi connectivity index (χ0v) is 8.13. The Morgan fingerprint density at radius 1 is 1.38 bits per heavy atom. The van der Waals surface area contributed by atoms with Crippen molar-refractivity contribution in [2.75, 3.05) is 7.11 Å². The summed E-state index contributed by atoms with van der Waals surface area (Å²) < 4.78 is 5.29. The number of rotatable bonds is 1. The van der Waals surface area contributed by atoms with E-state index in [2.05, 4.69) is 13.0 Å². The van der Waals surface area contributed by atoms with Crippen molar-refractivity contribution in [3.8, 4) is 5.75 Å². The fraction of sp³-hybridized carbons (Fsp3) is 0.455. The van der Waals surface area contributed by atoms with Gasteiger partial charge in [-0.25, -0.2) is 0 Å². The summed E-state index contributed by atoms with van der Waals surface area (Å²) in [7, 11) is 1.71. The van der Waals surface area contributed by atoms with Crippen LogP contribution in [0.2, 0.25) is 0 Å². The summed E-state index contributed by atoms with van der Waals surface area (Å²) >= 11 is 0. The van der Waals surface area contributed by atoms with Crippen molar-refractivity contribution in [1.82, 2.24) is 0 Å². The van der Waals surface area contributed by atoms with Crippen LogP contribution >= 0.6 is 0 Å². The summed E-state index contributed by atoms with van der Waals surface area (Å²) in [6.07, 6.45) is 1.88. The molecule has 2 rings (SSSR count). The van der Waals surface area contributed by atoms with Crippen molar-refractivity contribution in [3.63, 3.8) is 0 Å². The molecule has 2 heteroatoms. The van der Waals surface area contributed by atoms with Crippen LogP contribution < -0.4 is 10.5 Å². The molecule has 0 amide bonds. The Labute approximate surface area is 78.7 Å². The van der Waals surface area contributed by atoms with E-state index in [0.29, 0.717) is 0 Å². The first kappa shape index (κ1) is 8.57. The average Bonchev–Trinajstić information content (AvgIpc) is 2.37. The van der Waals surface area contributed by atoms with Crippen molar-refractivity contribution >= 4 is 0 Å². The minimum Gasteiger partial charge on any atom is -0.496 e. The maximum absolute atomic E-state index is 6.10. The molecule has 0 spiro atoms. The van der Waals surface area contributed by atoms with Gasteiger partial charge in [0.1, 0.15) is 5.75 Å². The highest BCUT2D eigenvalue weighted by Gasteiger charge is 2.30. The lowest BCUT2D eigenvalue weighted by atomic mass is 10.0. The molecular weight excluding hydrogens is 162 g/mol. The Morgan fingerprint density at radius 3 is 2.85 bits per heavy atom. The Bertz CT molecular complexity index is 331. The lowest BCUT2D eigenvalue weighted by molar-refractivity contribution is 0.406. The normalized spacial score (nSPS) is 25.8. The molecule has 0 heterocycles. The topological polar surface area (TPSA) is 35.2 Å². The van der Waals surface area contributed by atoms with Crippen LogP contribution in [0.25, 0.3) is 0 Å². The van der Waals surface area contributed by atoms with Gasteiger partial charge >= 0.3 is 0 Å². The van der Waals surface area contributed by atoms with E-state index in [1.165, 1.54) is 11.1 Å². The van der Waals surface area contributed by atoms with Crippen molar-refractivity contribution in [2.24, 2.45) is 5.73 Å². The maximum atomic E-state index is 6.10. The van der Waals surface area contributed by atoms with E-state index < -0.39 is 0 Å². The van der Waals surface area contributed by atoms with Crippen LogP contribution in [0.3, 0.4) is 0 Å². The molecular formula is C11H15NO. The Hall–Kier alpha value is -1.02. The molecule has 0 aliphatic heterocycles. The molecule has 70 valence electrons. The first-order chi connectivity index (χ1) is 6.12. The van der Waals surface area contributed by atoms with E-state index in [1.54, 1.807) is 7.11 Å². The van der Waals surface area contributed by atoms with Crippen LogP contribution in [-0.4, -0.2) is 12.6 Å². The van der Waals surface area contributed by atoms with Crippen molar-refractivity contribution in [2.45, 2.75) is 25.3 Å². The van der Waals surface area contributed by atoms with E-state index in [4.69, 9.17) is 10.5 Å². The molecule has 0 aromatic heterocycles. The van der Waals surface area contributed by atoms with Crippen LogP contribution in [0.15, 0.2) is 18.2 Å². The predicted molar refractivity (Wildman–Crippen MR) is 53.0 cm³/mol. The summed E-state index contributed by atoms with van der Waals surface area (Å²) in [4.78, 5) is 0. The molecule has 1 aliphatic carbocycles. The van der Waals surface area contributed by atoms with Gasteiger partial charge in [0.15, 0.2) is 0 Å². The van der Waals surface area contributed by atoms with Gasteiger partial charge in [-0.2, -0.15) is 0 Å². The van der Waals surface area contributed by atoms with E-state index in [1.807, 2.05) is 12.1 Å². The minimum atomic E-state index is -0.0863. The van der Waals surface area contributed by atoms with Crippen molar-refractivity contribution in [1.29, 1.82) is 0 Å². The zero-order chi connectivity index (χ0) is 9.47. The summed E-state index contributed by atoms with van der Waals surface area (Å²) in [6, 6.07) is 6.16. The van der Waals surface area contributed by atoms with E-state index in [9.17, 15) is 0 Å². The number of hydrogen-bond acceptors (Lipinski definition) is 2. The van der Waals surface area contributed by atoms with Crippen LogP contribution in [0.4, 0.5) is 0 Å². The number of hydrogen-bond donors (Lipinski definition) is 1. The largest absolute Gasteiger partial charge is 0.496 e. The molecule has 1 aromatic carbocycles. The smallest absolute Gasteiger partial charge is 0.122 e. The second-order valence-electron chi connectivity index (χ2n) is 4.11. The fourth-order valence-electron chi connectivity index (χ4n) is 2.07. The Kier molecular flexibility index (Phi) is 1.81. The molecule has 0 bridgehead atoms. The Morgan fingerprint density at radius 2 is 2.15 bits per heavy atom. The predicted octanol–water partition coefficient (Wildman–Crippen LogP) is 1.51. The fourth-order valence-corrected chi connectivity index (χ4v) is 2.07. The highest BCUT2D eigenvalue weighted by Crippen LogP contribution is 2.34. The molecule has 1 aliphatic rings. The molecule has 0 saturated carbocycles. The maximum Gasteiger partial charge on any atom is 0.122 e. The van der Waals surface area contributed by atoms with Gasteiger partial charge in [-0.05, 0) is 37.0 Å². The third kappa shape index (κ3) is 1.42. The third-order valence-electron chi connectivity index (χ3n) is 2.62. The molecule has 13 heavy (non-hydrogen) atoms. The van der Waals surface area contributed by atoms with Crippen molar-refractivity contribution < 1.29 is 4.74 Å². The van der Waals surface area contributed by atoms with E-state index in [0.717, 1.165) is 18.6 Å². The van der Waals surface area contributed by atoms with Crippen LogP contribution in [-0.2, 0) is 12.8 Å². The summed E-state index contributed by atoms with van der Waals surface area (Å²) in [5.41, 5.74) is 8.63. The minimum absolute atomic E-state index is 0.0863. The van der Waals surface area contributed by atoms with E-state index >= 15 is 0 Å². The van der Waals surface area contributed by atoms with Crippen LogP contribution in [0.1, 0.15) is 18.1 Å².